The zero-order chi connectivity index (χ0) is 23.0. The number of nitrogens with one attached hydrogen (secondary N) is 2. The molecule has 3 aromatic rings. The van der Waals surface area contributed by atoms with Crippen LogP contribution in [-0.4, -0.2) is 59.3 Å². The van der Waals surface area contributed by atoms with Crippen molar-refractivity contribution in [2.45, 2.75) is 19.4 Å². The van der Waals surface area contributed by atoms with Crippen molar-refractivity contribution in [3.8, 4) is 5.75 Å². The smallest absolute Gasteiger partial charge is 0.285 e. The van der Waals surface area contributed by atoms with Gasteiger partial charge in [0.05, 0.1) is 28.8 Å². The summed E-state index contributed by atoms with van der Waals surface area (Å²) in [5.74, 6) is -0.580. The van der Waals surface area contributed by atoms with Crippen molar-refractivity contribution in [3.63, 3.8) is 0 Å². The number of benzene rings is 1. The largest absolute Gasteiger partial charge is 0.487 e. The fourth-order valence-electron chi connectivity index (χ4n) is 3.53. The molecule has 4 rings (SSSR count). The Hall–Kier alpha value is -2.87. The van der Waals surface area contributed by atoms with Gasteiger partial charge in [-0.3, -0.25) is 10.0 Å². The molecule has 3 heterocycles. The minimum atomic E-state index is -3.33. The summed E-state index contributed by atoms with van der Waals surface area (Å²) in [6.45, 7) is 2.21. The number of anilines is 2. The predicted molar refractivity (Wildman–Crippen MR) is 117 cm³/mol. The van der Waals surface area contributed by atoms with Gasteiger partial charge in [-0.25, -0.2) is 28.3 Å². The highest BCUT2D eigenvalue weighted by molar-refractivity contribution is 7.88. The Kier molecular flexibility index (Phi) is 5.99. The van der Waals surface area contributed by atoms with Crippen LogP contribution in [-0.2, 0) is 10.0 Å². The molecular formula is C19H20FN5O5S2. The van der Waals surface area contributed by atoms with Gasteiger partial charge in [0.1, 0.15) is 34.6 Å². The summed E-state index contributed by atoms with van der Waals surface area (Å²) in [7, 11) is -3.33. The lowest BCUT2D eigenvalue weighted by atomic mass is 10.2. The standard InChI is InChI=1S/C19H20FN5O5S2/c1-10-15-17(21-9-22-19(15)31-16(10)18(26)24-27)23-13-4-3-11(20)7-14(13)30-12-5-6-25(8-12)32(2,28)29/h3-4,7,9,12,27H,5-6,8H2,1-2H3,(H,24,26)(H,21,22,23). The average Bonchev–Trinajstić information content (AvgIpc) is 3.35. The van der Waals surface area contributed by atoms with Crippen LogP contribution >= 0.6 is 11.3 Å². The number of hydrogen-bond acceptors (Lipinski definition) is 9. The third kappa shape index (κ3) is 4.37. The lowest BCUT2D eigenvalue weighted by Gasteiger charge is -2.18. The van der Waals surface area contributed by atoms with Gasteiger partial charge in [-0.15, -0.1) is 11.3 Å². The number of aryl methyl sites for hydroxylation is 1. The fraction of sp³-hybridized carbons (Fsp3) is 0.316. The molecule has 1 aromatic carbocycles. The SMILES string of the molecule is Cc1c(C(=O)NO)sc2ncnc(Nc3ccc(F)cc3OC3CCN(S(C)(=O)=O)C3)c12. The fourth-order valence-corrected chi connectivity index (χ4v) is 5.45. The Morgan fingerprint density at radius 3 is 2.84 bits per heavy atom. The molecule has 1 fully saturated rings. The summed E-state index contributed by atoms with van der Waals surface area (Å²) in [6, 6.07) is 3.97. The number of amides is 1. The van der Waals surface area contributed by atoms with Gasteiger partial charge in [-0.2, -0.15) is 4.31 Å². The molecule has 0 radical (unpaired) electrons. The number of carbonyl (C=O) groups is 1. The van der Waals surface area contributed by atoms with Crippen molar-refractivity contribution in [2.24, 2.45) is 0 Å². The molecule has 1 amide bonds. The average molecular weight is 482 g/mol. The first-order valence-corrected chi connectivity index (χ1v) is 12.2. The van der Waals surface area contributed by atoms with E-state index in [2.05, 4.69) is 15.3 Å². The van der Waals surface area contributed by atoms with Crippen LogP contribution in [0.4, 0.5) is 15.9 Å². The van der Waals surface area contributed by atoms with Crippen LogP contribution in [0.1, 0.15) is 21.7 Å². The quantitative estimate of drug-likeness (QED) is 0.361. The van der Waals surface area contributed by atoms with E-state index in [9.17, 15) is 17.6 Å². The first kappa shape index (κ1) is 22.3. The molecule has 1 aliphatic rings. The first-order chi connectivity index (χ1) is 15.2. The van der Waals surface area contributed by atoms with E-state index in [1.54, 1.807) is 12.4 Å². The maximum absolute atomic E-state index is 14.0. The van der Waals surface area contributed by atoms with Crippen molar-refractivity contribution in [2.75, 3.05) is 24.7 Å². The third-order valence-corrected chi connectivity index (χ3v) is 7.57. The summed E-state index contributed by atoms with van der Waals surface area (Å²) in [5, 5.41) is 12.7. The number of fused-ring (bicyclic) bond motifs is 1. The van der Waals surface area contributed by atoms with Crippen molar-refractivity contribution in [3.05, 3.63) is 40.8 Å². The Morgan fingerprint density at radius 2 is 2.16 bits per heavy atom. The number of thiophene rings is 1. The summed E-state index contributed by atoms with van der Waals surface area (Å²) in [6.07, 6.45) is 2.51. The van der Waals surface area contributed by atoms with Crippen LogP contribution in [0.3, 0.4) is 0 Å². The van der Waals surface area contributed by atoms with Crippen molar-refractivity contribution >= 4 is 49.0 Å². The molecule has 3 N–H and O–H groups in total. The van der Waals surface area contributed by atoms with Crippen LogP contribution in [0.25, 0.3) is 10.2 Å². The number of nitrogens with zero attached hydrogens (tertiary/aromatic N) is 3. The van der Waals surface area contributed by atoms with Gasteiger partial charge >= 0.3 is 0 Å². The monoisotopic (exact) mass is 481 g/mol. The van der Waals surface area contributed by atoms with E-state index in [0.29, 0.717) is 40.3 Å². The maximum Gasteiger partial charge on any atom is 0.285 e. The van der Waals surface area contributed by atoms with Crippen molar-refractivity contribution < 1.29 is 27.5 Å². The minimum absolute atomic E-state index is 0.176. The molecule has 1 unspecified atom stereocenters. The van der Waals surface area contributed by atoms with Crippen LogP contribution in [0.5, 0.6) is 5.75 Å². The van der Waals surface area contributed by atoms with Crippen molar-refractivity contribution in [1.82, 2.24) is 19.8 Å². The van der Waals surface area contributed by atoms with Crippen LogP contribution in [0, 0.1) is 12.7 Å². The second-order valence-electron chi connectivity index (χ2n) is 7.31. The van der Waals surface area contributed by atoms with E-state index >= 15 is 0 Å². The number of carbonyl (C=O) groups excluding carboxylic acids is 1. The molecule has 170 valence electrons. The maximum atomic E-state index is 14.0. The predicted octanol–water partition coefficient (Wildman–Crippen LogP) is 2.41. The van der Waals surface area contributed by atoms with Gasteiger partial charge in [0.25, 0.3) is 5.91 Å². The van der Waals surface area contributed by atoms with Gasteiger partial charge in [0.2, 0.25) is 10.0 Å². The van der Waals surface area contributed by atoms with Gasteiger partial charge in [0.15, 0.2) is 0 Å². The Balaban J connectivity index is 1.65. The summed E-state index contributed by atoms with van der Waals surface area (Å²) in [4.78, 5) is 21.2. The first-order valence-electron chi connectivity index (χ1n) is 9.54. The van der Waals surface area contributed by atoms with Gasteiger partial charge < -0.3 is 10.1 Å². The van der Waals surface area contributed by atoms with Crippen LogP contribution in [0.2, 0.25) is 0 Å². The highest BCUT2D eigenvalue weighted by atomic mass is 32.2. The van der Waals surface area contributed by atoms with E-state index in [4.69, 9.17) is 9.94 Å². The number of hydroxylamine groups is 1. The minimum Gasteiger partial charge on any atom is -0.487 e. The highest BCUT2D eigenvalue weighted by Gasteiger charge is 2.30. The molecule has 1 atom stereocenters. The van der Waals surface area contributed by atoms with Crippen LogP contribution < -0.4 is 15.5 Å². The number of sulfonamides is 1. The second kappa shape index (κ2) is 8.58. The van der Waals surface area contributed by atoms with E-state index < -0.39 is 27.9 Å². The lowest BCUT2D eigenvalue weighted by Crippen LogP contribution is -2.30. The topological polar surface area (TPSA) is 134 Å². The molecule has 0 bridgehead atoms. The Labute approximate surface area is 187 Å². The molecule has 13 heteroatoms. The number of rotatable bonds is 6. The molecule has 0 spiro atoms. The van der Waals surface area contributed by atoms with E-state index in [1.807, 2.05) is 0 Å². The second-order valence-corrected chi connectivity index (χ2v) is 10.3. The Bertz CT molecular complexity index is 1300. The number of ether oxygens (including phenoxy) is 1. The number of aromatic nitrogens is 2. The molecule has 1 aliphatic heterocycles. The van der Waals surface area contributed by atoms with E-state index in [1.165, 1.54) is 28.8 Å². The lowest BCUT2D eigenvalue weighted by molar-refractivity contribution is 0.0710. The van der Waals surface area contributed by atoms with Gasteiger partial charge in [-0.05, 0) is 31.0 Å². The Morgan fingerprint density at radius 1 is 1.38 bits per heavy atom. The molecule has 0 saturated carbocycles. The normalized spacial score (nSPS) is 16.9. The third-order valence-electron chi connectivity index (χ3n) is 5.10. The zero-order valence-corrected chi connectivity index (χ0v) is 18.8. The van der Waals surface area contributed by atoms with Gasteiger partial charge in [-0.1, -0.05) is 0 Å². The van der Waals surface area contributed by atoms with Gasteiger partial charge in [0, 0.05) is 12.6 Å². The molecule has 10 nitrogen and oxygen atoms in total. The molecule has 1 saturated heterocycles. The summed E-state index contributed by atoms with van der Waals surface area (Å²) in [5.41, 5.74) is 2.61. The summed E-state index contributed by atoms with van der Waals surface area (Å²) < 4.78 is 44.8. The van der Waals surface area contributed by atoms with E-state index in [-0.39, 0.29) is 17.2 Å². The summed E-state index contributed by atoms with van der Waals surface area (Å²) >= 11 is 1.10. The van der Waals surface area contributed by atoms with E-state index in [0.717, 1.165) is 17.6 Å². The molecule has 0 aliphatic carbocycles. The molecule has 32 heavy (non-hydrogen) atoms. The molecular weight excluding hydrogens is 461 g/mol. The number of halogens is 1. The zero-order valence-electron chi connectivity index (χ0n) is 17.1. The van der Waals surface area contributed by atoms with Crippen molar-refractivity contribution in [1.29, 1.82) is 0 Å². The number of hydrogen-bond donors (Lipinski definition) is 3. The highest BCUT2D eigenvalue weighted by Crippen LogP contribution is 2.37. The van der Waals surface area contributed by atoms with Crippen LogP contribution in [0.15, 0.2) is 24.5 Å². The molecule has 2 aromatic heterocycles.